The van der Waals surface area contributed by atoms with E-state index in [-0.39, 0.29) is 68.8 Å². The van der Waals surface area contributed by atoms with Gasteiger partial charge in [-0.05, 0) is 101 Å². The van der Waals surface area contributed by atoms with Gasteiger partial charge in [-0.25, -0.2) is 0 Å². The van der Waals surface area contributed by atoms with E-state index in [1.54, 1.807) is 143 Å². The third-order valence-corrected chi connectivity index (χ3v) is 23.7. The maximum atomic E-state index is 15.6. The Morgan fingerprint density at radius 3 is 1.48 bits per heavy atom. The van der Waals surface area contributed by atoms with Gasteiger partial charge in [0.1, 0.15) is 78.0 Å². The summed E-state index contributed by atoms with van der Waals surface area (Å²) < 4.78 is 0.687. The molecule has 2 heterocycles. The summed E-state index contributed by atoms with van der Waals surface area (Å²) in [5, 5.41) is 55.6. The molecular formula is C93H117BrN16O19S. The van der Waals surface area contributed by atoms with Crippen molar-refractivity contribution in [3.8, 4) is 11.5 Å². The number of benzene rings is 6. The zero-order valence-corrected chi connectivity index (χ0v) is 76.8. The summed E-state index contributed by atoms with van der Waals surface area (Å²) in [5.74, 6) is -17.5. The number of aromatic nitrogens is 1. The molecule has 0 bridgehead atoms. The number of likely N-dealkylation sites (N-methyl/N-ethyl adjacent to an activating group) is 5. The van der Waals surface area contributed by atoms with E-state index in [0.29, 0.717) is 61.6 Å². The molecule has 15 N–H and O–H groups in total. The Bertz CT molecular complexity index is 5130. The van der Waals surface area contributed by atoms with Gasteiger partial charge in [0, 0.05) is 101 Å². The molecule has 15 amide bonds. The van der Waals surface area contributed by atoms with Crippen molar-refractivity contribution in [2.24, 2.45) is 17.6 Å². The van der Waals surface area contributed by atoms with E-state index in [0.717, 1.165) is 26.5 Å². The van der Waals surface area contributed by atoms with Crippen LogP contribution in [0.1, 0.15) is 100 Å². The highest BCUT2D eigenvalue weighted by Crippen LogP contribution is 2.25. The number of thioether (sulfide) groups is 1. The fraction of sp³-hybridized carbons (Fsp3) is 0.419. The van der Waals surface area contributed by atoms with Crippen molar-refractivity contribution in [2.75, 3.05) is 66.4 Å². The number of hydrogen-bond acceptors (Lipinski definition) is 19. The number of nitrogens with two attached hydrogens (primary N) is 1. The number of nitrogens with one attached hydrogen (secondary N) is 10. The maximum absolute atomic E-state index is 15.6. The molecule has 11 atom stereocenters. The molecule has 1 aliphatic heterocycles. The second kappa shape index (κ2) is 49.4. The Morgan fingerprint density at radius 1 is 0.477 bits per heavy atom. The number of nitrogens with zero attached hydrogens (tertiary/aromatic N) is 5. The number of fused-ring (bicyclic) bond motifs is 1. The minimum Gasteiger partial charge on any atom is -0.508 e. The number of phenolic OH excluding ortho intramolecular Hbond substituents is 2. The fourth-order valence-corrected chi connectivity index (χ4v) is 16.1. The largest absolute Gasteiger partial charge is 0.508 e. The Morgan fingerprint density at radius 2 is 0.931 bits per heavy atom. The zero-order chi connectivity index (χ0) is 95.2. The first-order chi connectivity index (χ1) is 61.8. The molecule has 1 aromatic heterocycles. The van der Waals surface area contributed by atoms with E-state index in [1.807, 2.05) is 6.92 Å². The van der Waals surface area contributed by atoms with Crippen LogP contribution < -0.4 is 53.6 Å². The lowest BCUT2D eigenvalue weighted by molar-refractivity contribution is -0.151. The first-order valence-electron chi connectivity index (χ1n) is 42.8. The molecule has 1 saturated heterocycles. The monoisotopic (exact) mass is 1870 g/mol. The number of carboxylic acid groups (broad SMARTS) is 1. The average molecular weight is 1880 g/mol. The van der Waals surface area contributed by atoms with Gasteiger partial charge in [-0.2, -0.15) is 0 Å². The highest BCUT2D eigenvalue weighted by Gasteiger charge is 2.42. The number of primary amides is 1. The van der Waals surface area contributed by atoms with Crippen molar-refractivity contribution in [2.45, 2.75) is 172 Å². The first-order valence-corrected chi connectivity index (χ1v) is 44.7. The van der Waals surface area contributed by atoms with E-state index in [4.69, 9.17) is 5.73 Å². The van der Waals surface area contributed by atoms with Crippen molar-refractivity contribution in [3.05, 3.63) is 202 Å². The van der Waals surface area contributed by atoms with Crippen molar-refractivity contribution in [1.29, 1.82) is 0 Å². The van der Waals surface area contributed by atoms with E-state index >= 15 is 38.4 Å². The topological polar surface area (TPSA) is 500 Å². The van der Waals surface area contributed by atoms with Gasteiger partial charge in [0.15, 0.2) is 0 Å². The van der Waals surface area contributed by atoms with Gasteiger partial charge in [-0.1, -0.05) is 179 Å². The van der Waals surface area contributed by atoms with Crippen LogP contribution >= 0.6 is 27.7 Å². The number of carbonyl (C=O) groups excluding carboxylic acids is 15. The van der Waals surface area contributed by atoms with Crippen LogP contribution in [0.25, 0.3) is 10.9 Å². The van der Waals surface area contributed by atoms with Crippen molar-refractivity contribution >= 4 is 133 Å². The number of para-hydroxylation sites is 1. The first kappa shape index (κ1) is 102. The summed E-state index contributed by atoms with van der Waals surface area (Å²) in [6, 6.07) is 25.4. The highest BCUT2D eigenvalue weighted by atomic mass is 79.9. The van der Waals surface area contributed by atoms with Crippen LogP contribution in [0.2, 0.25) is 0 Å². The number of phenols is 2. The summed E-state index contributed by atoms with van der Waals surface area (Å²) in [7, 11) is 6.53. The number of aromatic hydroxyl groups is 2. The molecule has 8 rings (SSSR count). The number of carboxylic acids is 1. The predicted octanol–water partition coefficient (Wildman–Crippen LogP) is 3.09. The van der Waals surface area contributed by atoms with Crippen molar-refractivity contribution in [3.63, 3.8) is 0 Å². The molecule has 0 saturated carbocycles. The van der Waals surface area contributed by atoms with Crippen LogP contribution in [-0.4, -0.2) is 272 Å². The summed E-state index contributed by atoms with van der Waals surface area (Å²) in [6.07, 6.45) is 0.0403. The van der Waals surface area contributed by atoms with Gasteiger partial charge in [0.05, 0.1) is 31.8 Å². The Balaban J connectivity index is 1.22. The lowest BCUT2D eigenvalue weighted by atomic mass is 9.98. The molecule has 0 aliphatic carbocycles. The number of aliphatic carboxylic acids is 1. The lowest BCUT2D eigenvalue weighted by Crippen LogP contribution is -2.61. The van der Waals surface area contributed by atoms with Crippen molar-refractivity contribution < 1.29 is 92.0 Å². The molecule has 130 heavy (non-hydrogen) atoms. The molecule has 1 fully saturated rings. The Labute approximate surface area is 767 Å². The van der Waals surface area contributed by atoms with Gasteiger partial charge in [-0.15, -0.1) is 11.8 Å². The molecule has 0 spiro atoms. The number of H-pyrrole nitrogens is 1. The van der Waals surface area contributed by atoms with E-state index in [2.05, 4.69) is 68.8 Å². The van der Waals surface area contributed by atoms with E-state index in [1.165, 1.54) is 93.6 Å². The number of aromatic amines is 1. The molecule has 0 radical (unpaired) electrons. The second-order valence-electron chi connectivity index (χ2n) is 33.2. The highest BCUT2D eigenvalue weighted by molar-refractivity contribution is 9.10. The van der Waals surface area contributed by atoms with Gasteiger partial charge in [0.2, 0.25) is 88.6 Å². The molecule has 1 aliphatic rings. The summed E-state index contributed by atoms with van der Waals surface area (Å²) in [5.41, 5.74) is 9.09. The van der Waals surface area contributed by atoms with Crippen LogP contribution in [0.4, 0.5) is 0 Å². The van der Waals surface area contributed by atoms with Gasteiger partial charge in [0.25, 0.3) is 0 Å². The van der Waals surface area contributed by atoms with Gasteiger partial charge < -0.3 is 98.4 Å². The minimum absolute atomic E-state index is 0.0255. The molecular weight excluding hydrogens is 1760 g/mol. The SMILES string of the molecule is CCCC[C@H]1C(=O)N(C)CC(=O)N[C@@H](CC(=O)O)C(=O)N[C@@H](C(C)C)C(=O)N(C)[C@@H](Cc2ccccc2)C(=O)N[C@@H](Cc2ccc(O)cc2)C(=O)N(C)CC(=O)N[C@@H](Cc2c[nH]c3ccccc23)C(=O)N[C@@H](Cc2ccc(O)cc2)C(=O)N[C@@H](CC(C)C)C(=O)N[C@H](C(=O)NCC(N)=O)CSCC(=O)N[C@@H](Cc2ccc(Br)cc2)C(=O)N(C)[C@@H](Cc2ccccc2)C(=O)N1C. The number of carbonyl (C=O) groups is 16. The minimum atomic E-state index is -1.91. The number of amides is 15. The number of hydrogen-bond donors (Lipinski definition) is 14. The molecule has 7 aromatic rings. The number of rotatable bonds is 23. The Hall–Kier alpha value is -13.2. The summed E-state index contributed by atoms with van der Waals surface area (Å²) >= 11 is 4.27. The van der Waals surface area contributed by atoms with Gasteiger partial charge >= 0.3 is 5.97 Å². The summed E-state index contributed by atoms with van der Waals surface area (Å²) in [6.45, 7) is 6.16. The lowest BCUT2D eigenvalue weighted by Gasteiger charge is -2.37. The predicted molar refractivity (Wildman–Crippen MR) is 490 cm³/mol. The van der Waals surface area contributed by atoms with Crippen LogP contribution in [0.3, 0.4) is 0 Å². The smallest absolute Gasteiger partial charge is 0.305 e. The van der Waals surface area contributed by atoms with Crippen molar-refractivity contribution in [1.82, 2.24) is 77.3 Å². The normalized spacial score (nSPS) is 21.8. The van der Waals surface area contributed by atoms with Crippen LogP contribution in [0.5, 0.6) is 11.5 Å². The van der Waals surface area contributed by atoms with E-state index in [9.17, 15) is 53.7 Å². The molecule has 35 nitrogen and oxygen atoms in total. The molecule has 0 unspecified atom stereocenters. The van der Waals surface area contributed by atoms with Crippen LogP contribution in [0, 0.1) is 11.8 Å². The fourth-order valence-electron chi connectivity index (χ4n) is 15.0. The number of halogens is 1. The third kappa shape index (κ3) is 30.8. The van der Waals surface area contributed by atoms with Crippen LogP contribution in [-0.2, 0) is 115 Å². The quantitative estimate of drug-likeness (QED) is 0.0437. The van der Waals surface area contributed by atoms with E-state index < -0.39 is 205 Å². The summed E-state index contributed by atoms with van der Waals surface area (Å²) in [4.78, 5) is 244. The standard InChI is InChI=1S/C93H117BrN16O19S/c1-11-12-27-74-91(127)107(7)51-79(115)99-70(47-81(117)118)87(123)105-82(55(4)5)93(129)109(9)75(44-56-21-15-13-16-22-56)88(124)103-71(42-60-32-38-64(112)39-33-60)89(125)106(6)50-78(114)98-69(46-61-48-96-66-26-20-19-25-65(61)66)86(122)102-68(41-59-30-36-63(111)37-31-59)85(121)101-67(40-54(2)3)84(120)104-73(83(119)97-49-77(95)113)52-130-53-80(116)100-72(43-58-28-34-62(94)35-29-58)90(126)110(10)76(92(128)108(74)8)45-57-23-17-14-18-24-57/h13-26,28-39,48,54-55,67-76,82,96,111-112H,11-12,27,40-47,49-53H2,1-10H3,(H2,95,113)(H,97,119)(H,98,114)(H,99,115)(H,100,116)(H,101,121)(H,102,122)(H,103,124)(H,104,120)(H,105,123)(H,117,118)/t67-,68-,69-,70-,71-,72-,73-,74-,75-,76-,82-/m0/s1. The molecule has 6 aromatic carbocycles. The molecule has 37 heteroatoms. The Kier molecular flexibility index (Phi) is 38.8. The zero-order valence-electron chi connectivity index (χ0n) is 74.4. The third-order valence-electron chi connectivity index (χ3n) is 22.1. The van der Waals surface area contributed by atoms with Gasteiger partial charge in [-0.3, -0.25) is 76.7 Å². The number of unbranched alkanes of at least 4 members (excludes halogenated alkanes) is 1. The average Bonchev–Trinajstić information content (AvgIpc) is 1.33. The maximum Gasteiger partial charge on any atom is 0.305 e. The van der Waals surface area contributed by atoms with Crippen LogP contribution in [0.15, 0.2) is 168 Å². The second-order valence-corrected chi connectivity index (χ2v) is 35.1. The molecule has 696 valence electrons.